The van der Waals surface area contributed by atoms with E-state index in [2.05, 4.69) is 5.10 Å². The summed E-state index contributed by atoms with van der Waals surface area (Å²) in [6.45, 7) is 2.37. The molecule has 1 atom stereocenters. The summed E-state index contributed by atoms with van der Waals surface area (Å²) in [5.41, 5.74) is 0.462. The monoisotopic (exact) mass is 240 g/mol. The Labute approximate surface area is 98.8 Å². The number of anilines is 1. The van der Waals surface area contributed by atoms with Crippen LogP contribution in [-0.2, 0) is 7.05 Å². The van der Waals surface area contributed by atoms with Crippen LogP contribution in [0, 0.1) is 17.0 Å². The van der Waals surface area contributed by atoms with Gasteiger partial charge in [0.15, 0.2) is 0 Å². The normalized spacial score (nSPS) is 19.9. The molecular formula is C10H16N4O3. The van der Waals surface area contributed by atoms with Gasteiger partial charge in [-0.3, -0.25) is 10.1 Å². The van der Waals surface area contributed by atoms with Gasteiger partial charge in [-0.25, -0.2) is 4.68 Å². The molecule has 2 rings (SSSR count). The molecule has 1 saturated heterocycles. The first-order chi connectivity index (χ1) is 8.06. The second-order valence-corrected chi connectivity index (χ2v) is 4.31. The second-order valence-electron chi connectivity index (χ2n) is 4.31. The van der Waals surface area contributed by atoms with Crippen LogP contribution in [-0.4, -0.2) is 39.0 Å². The zero-order chi connectivity index (χ0) is 12.6. The Morgan fingerprint density at radius 1 is 1.65 bits per heavy atom. The van der Waals surface area contributed by atoms with E-state index in [1.165, 1.54) is 4.68 Å². The van der Waals surface area contributed by atoms with Gasteiger partial charge in [-0.1, -0.05) is 0 Å². The van der Waals surface area contributed by atoms with Gasteiger partial charge in [0, 0.05) is 13.6 Å². The predicted molar refractivity (Wildman–Crippen MR) is 62.1 cm³/mol. The lowest BCUT2D eigenvalue weighted by molar-refractivity contribution is -0.384. The van der Waals surface area contributed by atoms with E-state index in [-0.39, 0.29) is 18.3 Å². The SMILES string of the molecule is Cc1nn(C)c(N2CCCC2CO)c1[N+](=O)[O-]. The third-order valence-electron chi connectivity index (χ3n) is 3.20. The van der Waals surface area contributed by atoms with Crippen molar-refractivity contribution in [3.05, 3.63) is 15.8 Å². The van der Waals surface area contributed by atoms with Crippen molar-refractivity contribution in [3.63, 3.8) is 0 Å². The molecule has 1 aliphatic heterocycles. The van der Waals surface area contributed by atoms with Crippen LogP contribution in [0.4, 0.5) is 11.5 Å². The van der Waals surface area contributed by atoms with Crippen molar-refractivity contribution < 1.29 is 10.0 Å². The lowest BCUT2D eigenvalue weighted by atomic mass is 10.2. The van der Waals surface area contributed by atoms with Gasteiger partial charge in [0.1, 0.15) is 5.69 Å². The van der Waals surface area contributed by atoms with Crippen molar-refractivity contribution in [1.29, 1.82) is 0 Å². The van der Waals surface area contributed by atoms with Crippen LogP contribution in [0.5, 0.6) is 0 Å². The minimum Gasteiger partial charge on any atom is -0.394 e. The van der Waals surface area contributed by atoms with Gasteiger partial charge in [0.2, 0.25) is 5.82 Å². The molecule has 1 aromatic heterocycles. The van der Waals surface area contributed by atoms with Crippen LogP contribution in [0.1, 0.15) is 18.5 Å². The smallest absolute Gasteiger partial charge is 0.333 e. The quantitative estimate of drug-likeness (QED) is 0.617. The van der Waals surface area contributed by atoms with Gasteiger partial charge in [0.05, 0.1) is 17.6 Å². The van der Waals surface area contributed by atoms with E-state index in [0.29, 0.717) is 11.5 Å². The highest BCUT2D eigenvalue weighted by Crippen LogP contribution is 2.35. The molecule has 1 fully saturated rings. The van der Waals surface area contributed by atoms with Crippen molar-refractivity contribution >= 4 is 11.5 Å². The summed E-state index contributed by atoms with van der Waals surface area (Å²) in [4.78, 5) is 12.6. The largest absolute Gasteiger partial charge is 0.394 e. The lowest BCUT2D eigenvalue weighted by Crippen LogP contribution is -2.33. The average Bonchev–Trinajstić information content (AvgIpc) is 2.81. The number of nitro groups is 1. The zero-order valence-electron chi connectivity index (χ0n) is 9.96. The number of rotatable bonds is 3. The number of aryl methyl sites for hydroxylation is 2. The van der Waals surface area contributed by atoms with Crippen LogP contribution < -0.4 is 4.90 Å². The molecule has 1 unspecified atom stereocenters. The third-order valence-corrected chi connectivity index (χ3v) is 3.20. The molecule has 0 radical (unpaired) electrons. The summed E-state index contributed by atoms with van der Waals surface area (Å²) in [7, 11) is 1.70. The maximum atomic E-state index is 11.1. The first kappa shape index (κ1) is 11.8. The molecule has 7 nitrogen and oxygen atoms in total. The summed E-state index contributed by atoms with van der Waals surface area (Å²) in [6.07, 6.45) is 1.80. The first-order valence-corrected chi connectivity index (χ1v) is 5.61. The predicted octanol–water partition coefficient (Wildman–Crippen LogP) is 0.598. The number of aliphatic hydroxyl groups is 1. The summed E-state index contributed by atoms with van der Waals surface area (Å²) < 4.78 is 1.53. The molecule has 0 bridgehead atoms. The van der Waals surface area contributed by atoms with E-state index in [0.717, 1.165) is 19.4 Å². The van der Waals surface area contributed by atoms with Crippen molar-refractivity contribution in [2.24, 2.45) is 7.05 Å². The van der Waals surface area contributed by atoms with Gasteiger partial charge >= 0.3 is 5.69 Å². The van der Waals surface area contributed by atoms with Crippen molar-refractivity contribution in [2.45, 2.75) is 25.8 Å². The molecule has 94 valence electrons. The topological polar surface area (TPSA) is 84.4 Å². The molecule has 0 aliphatic carbocycles. The number of hydrogen-bond acceptors (Lipinski definition) is 5. The minimum absolute atomic E-state index is 0.0153. The van der Waals surface area contributed by atoms with Gasteiger partial charge < -0.3 is 10.0 Å². The number of hydrogen-bond donors (Lipinski definition) is 1. The fourth-order valence-corrected chi connectivity index (χ4v) is 2.47. The van der Waals surface area contributed by atoms with Gasteiger partial charge in [-0.15, -0.1) is 0 Å². The molecule has 0 saturated carbocycles. The standard InChI is InChI=1S/C10H16N4O3/c1-7-9(14(16)17)10(12(2)11-7)13-5-3-4-8(13)6-15/h8,15H,3-6H2,1-2H3. The van der Waals surface area contributed by atoms with E-state index in [1.807, 2.05) is 4.90 Å². The molecule has 17 heavy (non-hydrogen) atoms. The van der Waals surface area contributed by atoms with Crippen LogP contribution in [0.25, 0.3) is 0 Å². The van der Waals surface area contributed by atoms with Gasteiger partial charge in [-0.2, -0.15) is 5.10 Å². The molecule has 0 spiro atoms. The Morgan fingerprint density at radius 2 is 2.35 bits per heavy atom. The van der Waals surface area contributed by atoms with Crippen LogP contribution in [0.15, 0.2) is 0 Å². The second kappa shape index (κ2) is 4.33. The van der Waals surface area contributed by atoms with E-state index >= 15 is 0 Å². The highest BCUT2D eigenvalue weighted by Gasteiger charge is 2.34. The van der Waals surface area contributed by atoms with E-state index in [9.17, 15) is 15.2 Å². The van der Waals surface area contributed by atoms with Crippen LogP contribution in [0.2, 0.25) is 0 Å². The average molecular weight is 240 g/mol. The fourth-order valence-electron chi connectivity index (χ4n) is 2.47. The molecule has 1 N–H and O–H groups in total. The van der Waals surface area contributed by atoms with Crippen LogP contribution >= 0.6 is 0 Å². The molecule has 1 aliphatic rings. The Morgan fingerprint density at radius 3 is 2.94 bits per heavy atom. The van der Waals surface area contributed by atoms with E-state index < -0.39 is 4.92 Å². The minimum atomic E-state index is -0.398. The molecule has 0 amide bonds. The number of aromatic nitrogens is 2. The number of aliphatic hydroxyl groups excluding tert-OH is 1. The van der Waals surface area contributed by atoms with Gasteiger partial charge in [-0.05, 0) is 19.8 Å². The van der Waals surface area contributed by atoms with E-state index in [1.54, 1.807) is 14.0 Å². The zero-order valence-corrected chi connectivity index (χ0v) is 9.96. The highest BCUT2D eigenvalue weighted by molar-refractivity contribution is 5.62. The highest BCUT2D eigenvalue weighted by atomic mass is 16.6. The summed E-state index contributed by atoms with van der Waals surface area (Å²) in [5, 5.41) is 24.5. The third kappa shape index (κ3) is 1.86. The molecular weight excluding hydrogens is 224 g/mol. The Hall–Kier alpha value is -1.63. The Balaban J connectivity index is 2.47. The molecule has 1 aromatic rings. The fraction of sp³-hybridized carbons (Fsp3) is 0.700. The molecule has 2 heterocycles. The van der Waals surface area contributed by atoms with E-state index in [4.69, 9.17) is 0 Å². The van der Waals surface area contributed by atoms with Crippen LogP contribution in [0.3, 0.4) is 0 Å². The molecule has 7 heteroatoms. The summed E-state index contributed by atoms with van der Waals surface area (Å²) >= 11 is 0. The summed E-state index contributed by atoms with van der Waals surface area (Å²) in [6, 6.07) is -0.0384. The maximum Gasteiger partial charge on any atom is 0.333 e. The Kier molecular flexibility index (Phi) is 3.01. The van der Waals surface area contributed by atoms with Crippen molar-refractivity contribution in [2.75, 3.05) is 18.1 Å². The Bertz CT molecular complexity index is 443. The van der Waals surface area contributed by atoms with Crippen molar-refractivity contribution in [3.8, 4) is 0 Å². The van der Waals surface area contributed by atoms with Crippen molar-refractivity contribution in [1.82, 2.24) is 9.78 Å². The molecule has 0 aromatic carbocycles. The lowest BCUT2D eigenvalue weighted by Gasteiger charge is -2.23. The maximum absolute atomic E-state index is 11.1. The number of nitrogens with zero attached hydrogens (tertiary/aromatic N) is 4. The van der Waals surface area contributed by atoms with Gasteiger partial charge in [0.25, 0.3) is 0 Å². The summed E-state index contributed by atoms with van der Waals surface area (Å²) in [5.74, 6) is 0.504. The first-order valence-electron chi connectivity index (χ1n) is 5.61.